The summed E-state index contributed by atoms with van der Waals surface area (Å²) in [5, 5.41) is 0. The van der Waals surface area contributed by atoms with Crippen LogP contribution in [0.3, 0.4) is 0 Å². The van der Waals surface area contributed by atoms with Gasteiger partial charge in [-0.3, -0.25) is 9.59 Å². The Kier molecular flexibility index (Phi) is 6.62. The molecule has 0 aliphatic heterocycles. The van der Waals surface area contributed by atoms with E-state index in [1.165, 1.54) is 5.56 Å². The predicted octanol–water partition coefficient (Wildman–Crippen LogP) is 7.54. The summed E-state index contributed by atoms with van der Waals surface area (Å²) < 4.78 is 0. The smallest absolute Gasteiger partial charge is 0.193 e. The van der Waals surface area contributed by atoms with Crippen molar-refractivity contribution in [3.05, 3.63) is 131 Å². The summed E-state index contributed by atoms with van der Waals surface area (Å²) >= 11 is 1.61. The van der Waals surface area contributed by atoms with Gasteiger partial charge in [-0.2, -0.15) is 0 Å². The Labute approximate surface area is 199 Å². The summed E-state index contributed by atoms with van der Waals surface area (Å²) in [7, 11) is 0. The molecule has 0 fully saturated rings. The number of hydrogen-bond acceptors (Lipinski definition) is 3. The molecule has 0 N–H and O–H groups in total. The highest BCUT2D eigenvalue weighted by atomic mass is 32.2. The van der Waals surface area contributed by atoms with Crippen LogP contribution < -0.4 is 0 Å². The molecule has 4 aromatic rings. The molecule has 0 radical (unpaired) electrons. The van der Waals surface area contributed by atoms with Crippen LogP contribution in [0.15, 0.2) is 113 Å². The highest BCUT2D eigenvalue weighted by molar-refractivity contribution is 7.99. The van der Waals surface area contributed by atoms with E-state index in [1.54, 1.807) is 11.8 Å². The summed E-state index contributed by atoms with van der Waals surface area (Å²) in [5.74, 6) is 0.123. The zero-order chi connectivity index (χ0) is 23.4. The zero-order valence-corrected chi connectivity index (χ0v) is 19.9. The van der Waals surface area contributed by atoms with Crippen LogP contribution in [0.25, 0.3) is 0 Å². The third-order valence-corrected chi connectivity index (χ3v) is 6.86. The van der Waals surface area contributed by atoms with Gasteiger partial charge in [0.1, 0.15) is 0 Å². The van der Waals surface area contributed by atoms with Crippen molar-refractivity contribution >= 4 is 23.3 Å². The molecule has 33 heavy (non-hydrogen) atoms. The predicted molar refractivity (Wildman–Crippen MR) is 135 cm³/mol. The van der Waals surface area contributed by atoms with Crippen LogP contribution in [0, 0.1) is 6.92 Å². The van der Waals surface area contributed by atoms with Gasteiger partial charge in [0.05, 0.1) is 5.41 Å². The van der Waals surface area contributed by atoms with Gasteiger partial charge >= 0.3 is 0 Å². The first-order valence-corrected chi connectivity index (χ1v) is 11.8. The fourth-order valence-corrected chi connectivity index (χ4v) is 4.52. The number of carbonyl (C=O) groups is 2. The van der Waals surface area contributed by atoms with E-state index in [0.29, 0.717) is 16.7 Å². The van der Waals surface area contributed by atoms with Crippen molar-refractivity contribution in [2.24, 2.45) is 0 Å². The maximum absolute atomic E-state index is 13.2. The van der Waals surface area contributed by atoms with Gasteiger partial charge in [0.15, 0.2) is 11.6 Å². The molecule has 0 heterocycles. The zero-order valence-electron chi connectivity index (χ0n) is 19.0. The van der Waals surface area contributed by atoms with Crippen LogP contribution in [0.2, 0.25) is 0 Å². The number of benzene rings is 4. The standard InChI is InChI=1S/C30H26O2S/c1-21-9-15-25(16-10-21)30(2,3)29(32)24-13-19-27(20-14-24)33-26-17-11-23(12-18-26)28(31)22-7-5-4-6-8-22/h4-20H,1-3H3. The highest BCUT2D eigenvalue weighted by Crippen LogP contribution is 2.31. The minimum atomic E-state index is -0.594. The van der Waals surface area contributed by atoms with Crippen LogP contribution in [-0.2, 0) is 5.41 Å². The van der Waals surface area contributed by atoms with Crippen LogP contribution in [0.5, 0.6) is 0 Å². The number of aryl methyl sites for hydroxylation is 1. The second-order valence-electron chi connectivity index (χ2n) is 8.67. The maximum Gasteiger partial charge on any atom is 0.193 e. The maximum atomic E-state index is 13.2. The van der Waals surface area contributed by atoms with E-state index in [0.717, 1.165) is 15.4 Å². The molecule has 0 aliphatic rings. The van der Waals surface area contributed by atoms with Crippen molar-refractivity contribution in [1.29, 1.82) is 0 Å². The van der Waals surface area contributed by atoms with Crippen molar-refractivity contribution < 1.29 is 9.59 Å². The van der Waals surface area contributed by atoms with E-state index in [-0.39, 0.29) is 11.6 Å². The minimum Gasteiger partial charge on any atom is -0.293 e. The molecule has 0 aliphatic carbocycles. The summed E-state index contributed by atoms with van der Waals surface area (Å²) in [6, 6.07) is 32.8. The third kappa shape index (κ3) is 5.15. The average Bonchev–Trinajstić information content (AvgIpc) is 2.85. The monoisotopic (exact) mass is 450 g/mol. The molecule has 2 nitrogen and oxygen atoms in total. The molecule has 0 spiro atoms. The molecule has 0 aromatic heterocycles. The molecule has 0 amide bonds. The van der Waals surface area contributed by atoms with Crippen molar-refractivity contribution in [2.45, 2.75) is 36.0 Å². The lowest BCUT2D eigenvalue weighted by molar-refractivity contribution is 0.0908. The summed E-state index contributed by atoms with van der Waals surface area (Å²) in [5.41, 5.74) is 3.66. The lowest BCUT2D eigenvalue weighted by Gasteiger charge is -2.24. The van der Waals surface area contributed by atoms with E-state index >= 15 is 0 Å². The number of Topliss-reactive ketones (excluding diaryl/α,β-unsaturated/α-hetero) is 1. The molecule has 0 saturated carbocycles. The molecule has 4 aromatic carbocycles. The Hall–Kier alpha value is -3.43. The largest absolute Gasteiger partial charge is 0.293 e. The van der Waals surface area contributed by atoms with Gasteiger partial charge in [-0.05, 0) is 62.7 Å². The average molecular weight is 451 g/mol. The molecule has 0 saturated heterocycles. The van der Waals surface area contributed by atoms with Gasteiger partial charge < -0.3 is 0 Å². The molecule has 0 bridgehead atoms. The summed E-state index contributed by atoms with van der Waals surface area (Å²) in [4.78, 5) is 27.9. The molecule has 164 valence electrons. The number of carbonyl (C=O) groups excluding carboxylic acids is 2. The van der Waals surface area contributed by atoms with Crippen LogP contribution in [-0.4, -0.2) is 11.6 Å². The SMILES string of the molecule is Cc1ccc(C(C)(C)C(=O)c2ccc(Sc3ccc(C(=O)c4ccccc4)cc3)cc2)cc1. The number of rotatable bonds is 7. The van der Waals surface area contributed by atoms with Gasteiger partial charge in [-0.1, -0.05) is 84.1 Å². The molecule has 0 unspecified atom stereocenters. The van der Waals surface area contributed by atoms with Crippen molar-refractivity contribution in [2.75, 3.05) is 0 Å². The Bertz CT molecular complexity index is 1250. The van der Waals surface area contributed by atoms with Crippen molar-refractivity contribution in [1.82, 2.24) is 0 Å². The number of hydrogen-bond donors (Lipinski definition) is 0. The van der Waals surface area contributed by atoms with Gasteiger partial charge in [0, 0.05) is 26.5 Å². The fourth-order valence-electron chi connectivity index (χ4n) is 3.70. The Balaban J connectivity index is 1.45. The van der Waals surface area contributed by atoms with E-state index in [2.05, 4.69) is 0 Å². The quantitative estimate of drug-likeness (QED) is 0.273. The lowest BCUT2D eigenvalue weighted by atomic mass is 9.78. The van der Waals surface area contributed by atoms with Gasteiger partial charge in [-0.15, -0.1) is 0 Å². The second kappa shape index (κ2) is 9.60. The first kappa shape index (κ1) is 22.8. The van der Waals surface area contributed by atoms with Gasteiger partial charge in [-0.25, -0.2) is 0 Å². The number of ketones is 2. The normalized spacial score (nSPS) is 11.2. The minimum absolute atomic E-state index is 0.0196. The molecular weight excluding hydrogens is 424 g/mol. The first-order chi connectivity index (χ1) is 15.8. The third-order valence-electron chi connectivity index (χ3n) is 5.85. The molecular formula is C30H26O2S. The Morgan fingerprint density at radius 2 is 1.09 bits per heavy atom. The Morgan fingerprint density at radius 1 is 0.606 bits per heavy atom. The van der Waals surface area contributed by atoms with E-state index in [1.807, 2.05) is 124 Å². The van der Waals surface area contributed by atoms with Gasteiger partial charge in [0.2, 0.25) is 0 Å². The Morgan fingerprint density at radius 3 is 1.64 bits per heavy atom. The van der Waals surface area contributed by atoms with Crippen molar-refractivity contribution in [3.63, 3.8) is 0 Å². The summed E-state index contributed by atoms with van der Waals surface area (Å²) in [6.45, 7) is 5.99. The van der Waals surface area contributed by atoms with Crippen LogP contribution >= 0.6 is 11.8 Å². The lowest BCUT2D eigenvalue weighted by Crippen LogP contribution is -2.29. The molecule has 0 atom stereocenters. The molecule has 3 heteroatoms. The topological polar surface area (TPSA) is 34.1 Å². The van der Waals surface area contributed by atoms with E-state index in [4.69, 9.17) is 0 Å². The highest BCUT2D eigenvalue weighted by Gasteiger charge is 2.30. The van der Waals surface area contributed by atoms with E-state index < -0.39 is 5.41 Å². The summed E-state index contributed by atoms with van der Waals surface area (Å²) in [6.07, 6.45) is 0. The van der Waals surface area contributed by atoms with Crippen LogP contribution in [0.4, 0.5) is 0 Å². The first-order valence-electron chi connectivity index (χ1n) is 10.9. The van der Waals surface area contributed by atoms with E-state index in [9.17, 15) is 9.59 Å². The second-order valence-corrected chi connectivity index (χ2v) is 9.81. The molecule has 4 rings (SSSR count). The fraction of sp³-hybridized carbons (Fsp3) is 0.133. The van der Waals surface area contributed by atoms with Gasteiger partial charge in [0.25, 0.3) is 0 Å². The van der Waals surface area contributed by atoms with Crippen molar-refractivity contribution in [3.8, 4) is 0 Å². The van der Waals surface area contributed by atoms with Crippen LogP contribution in [0.1, 0.15) is 51.3 Å².